The number of carbonyl (C=O) groups excluding carboxylic acids is 2. The number of quaternary nitrogens is 1. The van der Waals surface area contributed by atoms with Crippen molar-refractivity contribution in [2.45, 2.75) is 341 Å². The lowest BCUT2D eigenvalue weighted by Gasteiger charge is -2.28. The van der Waals surface area contributed by atoms with E-state index in [1.54, 1.807) is 0 Å². The number of hydrogen-bond donors (Lipinski definition) is 0. The Labute approximate surface area is 568 Å². The standard InChI is InChI=1S/C82H144NO8P/c1-6-8-10-12-14-16-18-20-22-24-26-28-30-32-34-35-36-37-38-39-40-41-42-43-44-45-46-47-49-51-53-55-57-59-61-63-65-67-69-71-73-75-82(85)91-80(79-90-92(86,87)89-77-76-83(3,4)5)78-88-81(84)74-72-70-68-66-64-62-60-58-56-54-52-50-48-33-31-29-27-25-23-21-19-17-15-13-11-9-7-2/h8-11,14-17,20-23,26-29,32,34,36-37,80H,6-7,12-13,18-19,24-25,30-31,33,35,38-79H2,1-5H3/b10-8-,11-9-,16-14-,17-15-,22-20-,23-21-,28-26-,29-27-,34-32-,37-36-. The zero-order valence-electron chi connectivity index (χ0n) is 60.5. The molecule has 0 saturated heterocycles. The van der Waals surface area contributed by atoms with Gasteiger partial charge >= 0.3 is 11.9 Å². The number of nitrogens with zero attached hydrogens (tertiary/aromatic N) is 1. The molecule has 0 heterocycles. The molecule has 0 aliphatic heterocycles. The summed E-state index contributed by atoms with van der Waals surface area (Å²) in [6, 6.07) is 0. The van der Waals surface area contributed by atoms with Gasteiger partial charge in [0.05, 0.1) is 27.7 Å². The average Bonchev–Trinajstić information content (AvgIpc) is 2.23. The predicted octanol–water partition coefficient (Wildman–Crippen LogP) is 24.8. The van der Waals surface area contributed by atoms with E-state index >= 15 is 0 Å². The van der Waals surface area contributed by atoms with Gasteiger partial charge in [0.15, 0.2) is 6.10 Å². The normalized spacial score (nSPS) is 13.8. The van der Waals surface area contributed by atoms with Crippen LogP contribution in [0, 0.1) is 0 Å². The molecule has 0 radical (unpaired) electrons. The van der Waals surface area contributed by atoms with Crippen LogP contribution in [0.2, 0.25) is 0 Å². The van der Waals surface area contributed by atoms with Crippen molar-refractivity contribution >= 4 is 19.8 Å². The fourth-order valence-corrected chi connectivity index (χ4v) is 11.4. The van der Waals surface area contributed by atoms with Crippen LogP contribution >= 0.6 is 7.82 Å². The van der Waals surface area contributed by atoms with Crippen molar-refractivity contribution in [1.82, 2.24) is 0 Å². The minimum Gasteiger partial charge on any atom is -0.756 e. The summed E-state index contributed by atoms with van der Waals surface area (Å²) >= 11 is 0. The van der Waals surface area contributed by atoms with Crippen molar-refractivity contribution < 1.29 is 42.1 Å². The molecule has 2 atom stereocenters. The molecule has 10 heteroatoms. The van der Waals surface area contributed by atoms with E-state index in [2.05, 4.69) is 135 Å². The van der Waals surface area contributed by atoms with E-state index in [1.165, 1.54) is 199 Å². The van der Waals surface area contributed by atoms with Crippen molar-refractivity contribution in [1.29, 1.82) is 0 Å². The molecule has 0 saturated carbocycles. The molecule has 0 aliphatic carbocycles. The average molecular weight is 1300 g/mol. The minimum atomic E-state index is -4.65. The van der Waals surface area contributed by atoms with E-state index in [9.17, 15) is 19.0 Å². The van der Waals surface area contributed by atoms with Gasteiger partial charge < -0.3 is 27.9 Å². The summed E-state index contributed by atoms with van der Waals surface area (Å²) < 4.78 is 34.4. The first-order chi connectivity index (χ1) is 45.0. The molecular weight excluding hydrogens is 1160 g/mol. The number of rotatable bonds is 70. The van der Waals surface area contributed by atoms with Crippen LogP contribution in [0.15, 0.2) is 122 Å². The second-order valence-electron chi connectivity index (χ2n) is 26.6. The fraction of sp³-hybridized carbons (Fsp3) is 0.732. The predicted molar refractivity (Wildman–Crippen MR) is 397 cm³/mol. The fourth-order valence-electron chi connectivity index (χ4n) is 10.7. The Kier molecular flexibility index (Phi) is 68.9. The molecule has 0 rings (SSSR count). The highest BCUT2D eigenvalue weighted by atomic mass is 31.2. The van der Waals surface area contributed by atoms with Gasteiger partial charge in [-0.05, 0) is 103 Å². The third-order valence-corrected chi connectivity index (χ3v) is 17.4. The van der Waals surface area contributed by atoms with E-state index in [-0.39, 0.29) is 32.0 Å². The van der Waals surface area contributed by atoms with Crippen LogP contribution in [0.1, 0.15) is 335 Å². The monoisotopic (exact) mass is 1300 g/mol. The van der Waals surface area contributed by atoms with Crippen molar-refractivity contribution in [2.24, 2.45) is 0 Å². The number of ether oxygens (including phenoxy) is 2. The van der Waals surface area contributed by atoms with Crippen molar-refractivity contribution in [3.8, 4) is 0 Å². The van der Waals surface area contributed by atoms with Gasteiger partial charge in [-0.15, -0.1) is 0 Å². The number of esters is 2. The molecule has 0 aromatic heterocycles. The summed E-state index contributed by atoms with van der Waals surface area (Å²) in [7, 11) is 1.17. The molecular formula is C82H144NO8P. The van der Waals surface area contributed by atoms with E-state index in [4.69, 9.17) is 18.5 Å². The van der Waals surface area contributed by atoms with Crippen molar-refractivity contribution in [3.05, 3.63) is 122 Å². The Bertz CT molecular complexity index is 1970. The third kappa shape index (κ3) is 75.4. The first-order valence-corrected chi connectivity index (χ1v) is 39.7. The molecule has 0 fully saturated rings. The lowest BCUT2D eigenvalue weighted by Crippen LogP contribution is -2.37. The smallest absolute Gasteiger partial charge is 0.306 e. The first kappa shape index (κ1) is 88.4. The molecule has 0 bridgehead atoms. The lowest BCUT2D eigenvalue weighted by atomic mass is 10.0. The molecule has 0 aliphatic rings. The van der Waals surface area contributed by atoms with Gasteiger partial charge in [0.1, 0.15) is 19.8 Å². The van der Waals surface area contributed by atoms with Crippen LogP contribution in [0.25, 0.3) is 0 Å². The Morgan fingerprint density at radius 2 is 0.587 bits per heavy atom. The Morgan fingerprint density at radius 1 is 0.337 bits per heavy atom. The van der Waals surface area contributed by atoms with Gasteiger partial charge in [-0.3, -0.25) is 14.2 Å². The SMILES string of the molecule is CC/C=C\C/C=C\C/C=C\C/C=C\C/C=C\C/C=C\CCCCCCCCCCCCCCCCCCCCCCCCC(=O)OC(COC(=O)CCCCCCCCCCCCCCCC/C=C\C/C=C\C/C=C\C/C=C\CC)COP(=O)([O-])OCC[N+](C)(C)C. The summed E-state index contributed by atoms with van der Waals surface area (Å²) in [4.78, 5) is 38.1. The van der Waals surface area contributed by atoms with E-state index in [0.29, 0.717) is 17.4 Å². The van der Waals surface area contributed by atoms with Crippen LogP contribution in [0.5, 0.6) is 0 Å². The van der Waals surface area contributed by atoms with Crippen molar-refractivity contribution in [2.75, 3.05) is 47.5 Å². The maximum atomic E-state index is 12.9. The quantitative estimate of drug-likeness (QED) is 0.0195. The van der Waals surface area contributed by atoms with E-state index < -0.39 is 26.5 Å². The summed E-state index contributed by atoms with van der Waals surface area (Å²) in [5, 5.41) is 0. The third-order valence-electron chi connectivity index (χ3n) is 16.5. The van der Waals surface area contributed by atoms with Gasteiger partial charge in [-0.2, -0.15) is 0 Å². The number of likely N-dealkylation sites (N-methyl/N-ethyl adjacent to an activating group) is 1. The number of phosphoric acid groups is 1. The van der Waals surface area contributed by atoms with E-state index in [1.807, 2.05) is 21.1 Å². The first-order valence-electron chi connectivity index (χ1n) is 38.2. The maximum absolute atomic E-state index is 12.9. The highest BCUT2D eigenvalue weighted by Crippen LogP contribution is 2.38. The van der Waals surface area contributed by atoms with Crippen molar-refractivity contribution in [3.63, 3.8) is 0 Å². The molecule has 9 nitrogen and oxygen atoms in total. The van der Waals surface area contributed by atoms with Crippen LogP contribution in [0.3, 0.4) is 0 Å². The summed E-state index contributed by atoms with van der Waals surface area (Å²) in [6.45, 7) is 4.05. The second kappa shape index (κ2) is 71.7. The number of hydrogen-bond acceptors (Lipinski definition) is 8. The molecule has 0 amide bonds. The molecule has 92 heavy (non-hydrogen) atoms. The van der Waals surface area contributed by atoms with Gasteiger partial charge in [0.25, 0.3) is 7.82 Å². The topological polar surface area (TPSA) is 111 Å². The largest absolute Gasteiger partial charge is 0.756 e. The zero-order valence-corrected chi connectivity index (χ0v) is 61.4. The lowest BCUT2D eigenvalue weighted by molar-refractivity contribution is -0.870. The highest BCUT2D eigenvalue weighted by Gasteiger charge is 2.22. The molecule has 0 aromatic carbocycles. The zero-order chi connectivity index (χ0) is 66.9. The van der Waals surface area contributed by atoms with Crippen LogP contribution in [0.4, 0.5) is 0 Å². The van der Waals surface area contributed by atoms with Crippen LogP contribution in [-0.2, 0) is 32.7 Å². The molecule has 0 N–H and O–H groups in total. The van der Waals surface area contributed by atoms with Gasteiger partial charge in [-0.1, -0.05) is 341 Å². The molecule has 0 aromatic rings. The molecule has 0 spiro atoms. The summed E-state index contributed by atoms with van der Waals surface area (Å²) in [6.07, 6.45) is 103. The van der Waals surface area contributed by atoms with Gasteiger partial charge in [0, 0.05) is 12.8 Å². The number of unbranched alkanes of at least 4 members (excludes halogenated alkanes) is 36. The minimum absolute atomic E-state index is 0.0327. The number of carbonyl (C=O) groups is 2. The number of allylic oxidation sites excluding steroid dienone is 20. The summed E-state index contributed by atoms with van der Waals surface area (Å²) in [5.41, 5.74) is 0. The second-order valence-corrected chi connectivity index (χ2v) is 28.0. The molecule has 2 unspecified atom stereocenters. The highest BCUT2D eigenvalue weighted by molar-refractivity contribution is 7.45. The Hall–Kier alpha value is -3.59. The summed E-state index contributed by atoms with van der Waals surface area (Å²) in [5.74, 6) is -0.823. The molecule has 530 valence electrons. The van der Waals surface area contributed by atoms with Crippen LogP contribution in [-0.4, -0.2) is 70.0 Å². The van der Waals surface area contributed by atoms with Crippen LogP contribution < -0.4 is 4.89 Å². The number of phosphoric ester groups is 1. The van der Waals surface area contributed by atoms with E-state index in [0.717, 1.165) is 103 Å². The Morgan fingerprint density at radius 3 is 0.870 bits per heavy atom. The van der Waals surface area contributed by atoms with Gasteiger partial charge in [-0.25, -0.2) is 0 Å². The Balaban J connectivity index is 3.95. The van der Waals surface area contributed by atoms with Gasteiger partial charge in [0.2, 0.25) is 0 Å². The maximum Gasteiger partial charge on any atom is 0.306 e.